The fourth-order valence-electron chi connectivity index (χ4n) is 2.89. The van der Waals surface area contributed by atoms with E-state index in [1.807, 2.05) is 0 Å². The molecular formula is C15H26N2O3. The molecule has 0 aromatic rings. The molecule has 2 saturated carbocycles. The average molecular weight is 282 g/mol. The van der Waals surface area contributed by atoms with Gasteiger partial charge in [-0.05, 0) is 38.5 Å². The van der Waals surface area contributed by atoms with E-state index in [4.69, 9.17) is 0 Å². The maximum atomic E-state index is 11.8. The number of amides is 2. The normalized spacial score (nSPS) is 22.9. The molecule has 0 aliphatic heterocycles. The Labute approximate surface area is 120 Å². The number of nitrogens with one attached hydrogen (secondary N) is 1. The van der Waals surface area contributed by atoms with E-state index in [0.717, 1.165) is 32.1 Å². The Morgan fingerprint density at radius 1 is 1.30 bits per heavy atom. The van der Waals surface area contributed by atoms with Crippen molar-refractivity contribution in [3.05, 3.63) is 0 Å². The van der Waals surface area contributed by atoms with Gasteiger partial charge in [-0.2, -0.15) is 0 Å². The van der Waals surface area contributed by atoms with Gasteiger partial charge >= 0.3 is 0 Å². The fraction of sp³-hybridized carbons (Fsp3) is 0.867. The van der Waals surface area contributed by atoms with E-state index in [-0.39, 0.29) is 11.9 Å². The molecule has 114 valence electrons. The summed E-state index contributed by atoms with van der Waals surface area (Å²) in [5.41, 5.74) is 0. The SMILES string of the molecule is CC(C(O)C(=O)NC1CC1)N(C=O)CC1CCCCC1. The van der Waals surface area contributed by atoms with Crippen molar-refractivity contribution in [1.82, 2.24) is 10.2 Å². The largest absolute Gasteiger partial charge is 0.381 e. The fourth-order valence-corrected chi connectivity index (χ4v) is 2.89. The van der Waals surface area contributed by atoms with Crippen molar-refractivity contribution in [3.63, 3.8) is 0 Å². The number of nitrogens with zero attached hydrogens (tertiary/aromatic N) is 1. The molecule has 20 heavy (non-hydrogen) atoms. The van der Waals surface area contributed by atoms with Crippen LogP contribution in [-0.4, -0.2) is 47.1 Å². The van der Waals surface area contributed by atoms with Crippen LogP contribution >= 0.6 is 0 Å². The van der Waals surface area contributed by atoms with Gasteiger partial charge in [-0.15, -0.1) is 0 Å². The summed E-state index contributed by atoms with van der Waals surface area (Å²) in [6.07, 6.45) is 7.62. The molecule has 2 aliphatic rings. The third-order valence-electron chi connectivity index (χ3n) is 4.50. The second kappa shape index (κ2) is 7.07. The molecular weight excluding hydrogens is 256 g/mol. The van der Waals surface area contributed by atoms with E-state index in [1.165, 1.54) is 19.3 Å². The van der Waals surface area contributed by atoms with Crippen molar-refractivity contribution in [3.8, 4) is 0 Å². The van der Waals surface area contributed by atoms with Gasteiger partial charge < -0.3 is 15.3 Å². The van der Waals surface area contributed by atoms with E-state index in [9.17, 15) is 14.7 Å². The minimum Gasteiger partial charge on any atom is -0.381 e. The molecule has 0 heterocycles. The van der Waals surface area contributed by atoms with Gasteiger partial charge in [0, 0.05) is 12.6 Å². The maximum absolute atomic E-state index is 11.8. The summed E-state index contributed by atoms with van der Waals surface area (Å²) in [5, 5.41) is 12.9. The lowest BCUT2D eigenvalue weighted by atomic mass is 9.88. The monoisotopic (exact) mass is 282 g/mol. The Hall–Kier alpha value is -1.10. The molecule has 5 nitrogen and oxygen atoms in total. The predicted molar refractivity (Wildman–Crippen MR) is 76.0 cm³/mol. The van der Waals surface area contributed by atoms with Gasteiger partial charge in [0.15, 0.2) is 6.10 Å². The molecule has 2 aliphatic carbocycles. The summed E-state index contributed by atoms with van der Waals surface area (Å²) in [6.45, 7) is 2.40. The molecule has 0 bridgehead atoms. The van der Waals surface area contributed by atoms with Gasteiger partial charge in [0.2, 0.25) is 6.41 Å². The van der Waals surface area contributed by atoms with Crippen LogP contribution in [0, 0.1) is 5.92 Å². The Bertz CT molecular complexity index is 338. The van der Waals surface area contributed by atoms with Crippen molar-refractivity contribution in [2.75, 3.05) is 6.54 Å². The van der Waals surface area contributed by atoms with Crippen LogP contribution in [0.3, 0.4) is 0 Å². The zero-order valence-electron chi connectivity index (χ0n) is 12.3. The maximum Gasteiger partial charge on any atom is 0.251 e. The first-order valence-electron chi connectivity index (χ1n) is 7.81. The molecule has 0 radical (unpaired) electrons. The van der Waals surface area contributed by atoms with Crippen molar-refractivity contribution >= 4 is 12.3 Å². The Morgan fingerprint density at radius 2 is 1.95 bits per heavy atom. The number of aliphatic hydroxyl groups excluding tert-OH is 1. The van der Waals surface area contributed by atoms with Crippen molar-refractivity contribution in [2.45, 2.75) is 70.1 Å². The molecule has 2 fully saturated rings. The Balaban J connectivity index is 1.84. The number of carbonyl (C=O) groups excluding carboxylic acids is 2. The smallest absolute Gasteiger partial charge is 0.251 e. The standard InChI is InChI=1S/C15H26N2O3/c1-11(14(19)15(20)16-13-7-8-13)17(10-18)9-12-5-3-2-4-6-12/h10-14,19H,2-9H2,1H3,(H,16,20). The van der Waals surface area contributed by atoms with E-state index in [0.29, 0.717) is 12.5 Å². The van der Waals surface area contributed by atoms with E-state index in [1.54, 1.807) is 11.8 Å². The van der Waals surface area contributed by atoms with E-state index < -0.39 is 12.1 Å². The third-order valence-corrected chi connectivity index (χ3v) is 4.50. The van der Waals surface area contributed by atoms with E-state index >= 15 is 0 Å². The number of hydrogen-bond acceptors (Lipinski definition) is 3. The van der Waals surface area contributed by atoms with Crippen molar-refractivity contribution < 1.29 is 14.7 Å². The molecule has 2 amide bonds. The lowest BCUT2D eigenvalue weighted by Crippen LogP contribution is -2.50. The summed E-state index contributed by atoms with van der Waals surface area (Å²) in [7, 11) is 0. The molecule has 0 aromatic carbocycles. The summed E-state index contributed by atoms with van der Waals surface area (Å²) >= 11 is 0. The van der Waals surface area contributed by atoms with E-state index in [2.05, 4.69) is 5.32 Å². The number of rotatable bonds is 7. The summed E-state index contributed by atoms with van der Waals surface area (Å²) in [6, 6.07) is -0.236. The van der Waals surface area contributed by atoms with Crippen LogP contribution in [-0.2, 0) is 9.59 Å². The quantitative estimate of drug-likeness (QED) is 0.686. The zero-order chi connectivity index (χ0) is 14.5. The van der Waals surface area contributed by atoms with Crippen LogP contribution in [0.1, 0.15) is 51.9 Å². The lowest BCUT2D eigenvalue weighted by Gasteiger charge is -2.33. The molecule has 5 heteroatoms. The van der Waals surface area contributed by atoms with Crippen LogP contribution in [0.5, 0.6) is 0 Å². The highest BCUT2D eigenvalue weighted by molar-refractivity contribution is 5.82. The van der Waals surface area contributed by atoms with Crippen LogP contribution < -0.4 is 5.32 Å². The highest BCUT2D eigenvalue weighted by Gasteiger charge is 2.32. The minimum absolute atomic E-state index is 0.229. The third kappa shape index (κ3) is 4.20. The molecule has 0 saturated heterocycles. The van der Waals surface area contributed by atoms with Crippen LogP contribution in [0.15, 0.2) is 0 Å². The van der Waals surface area contributed by atoms with Gasteiger partial charge in [0.1, 0.15) is 0 Å². The lowest BCUT2D eigenvalue weighted by molar-refractivity contribution is -0.135. The van der Waals surface area contributed by atoms with Crippen LogP contribution in [0.2, 0.25) is 0 Å². The first-order chi connectivity index (χ1) is 9.61. The first kappa shape index (κ1) is 15.3. The second-order valence-corrected chi connectivity index (χ2v) is 6.27. The minimum atomic E-state index is -1.13. The Morgan fingerprint density at radius 3 is 2.50 bits per heavy atom. The first-order valence-corrected chi connectivity index (χ1v) is 7.81. The summed E-state index contributed by atoms with van der Waals surface area (Å²) < 4.78 is 0. The van der Waals surface area contributed by atoms with Gasteiger partial charge in [0.25, 0.3) is 5.91 Å². The highest BCUT2D eigenvalue weighted by atomic mass is 16.3. The van der Waals surface area contributed by atoms with Crippen LogP contribution in [0.25, 0.3) is 0 Å². The zero-order valence-corrected chi connectivity index (χ0v) is 12.3. The number of hydrogen-bond donors (Lipinski definition) is 2. The van der Waals surface area contributed by atoms with Gasteiger partial charge in [-0.3, -0.25) is 9.59 Å². The van der Waals surface area contributed by atoms with Gasteiger partial charge in [-0.25, -0.2) is 0 Å². The molecule has 2 unspecified atom stereocenters. The topological polar surface area (TPSA) is 69.6 Å². The summed E-state index contributed by atoms with van der Waals surface area (Å²) in [5.74, 6) is 0.158. The molecule has 2 atom stereocenters. The second-order valence-electron chi connectivity index (χ2n) is 6.27. The van der Waals surface area contributed by atoms with Gasteiger partial charge in [-0.1, -0.05) is 19.3 Å². The number of carbonyl (C=O) groups is 2. The molecule has 2 rings (SSSR count). The molecule has 2 N–H and O–H groups in total. The van der Waals surface area contributed by atoms with Crippen molar-refractivity contribution in [1.29, 1.82) is 0 Å². The average Bonchev–Trinajstić information content (AvgIpc) is 3.28. The van der Waals surface area contributed by atoms with Crippen molar-refractivity contribution in [2.24, 2.45) is 5.92 Å². The van der Waals surface area contributed by atoms with Crippen LogP contribution in [0.4, 0.5) is 0 Å². The predicted octanol–water partition coefficient (Wildman–Crippen LogP) is 1.05. The molecule has 0 aromatic heterocycles. The highest BCUT2D eigenvalue weighted by Crippen LogP contribution is 2.25. The summed E-state index contributed by atoms with van der Waals surface area (Å²) in [4.78, 5) is 24.7. The Kier molecular flexibility index (Phi) is 5.40. The van der Waals surface area contributed by atoms with Gasteiger partial charge in [0.05, 0.1) is 6.04 Å². The molecule has 0 spiro atoms. The number of aliphatic hydroxyl groups is 1.